The molecule has 0 aromatic heterocycles. The van der Waals surface area contributed by atoms with Crippen LogP contribution in [-0.2, 0) is 25.8 Å². The van der Waals surface area contributed by atoms with Crippen molar-refractivity contribution in [2.75, 3.05) is 0 Å². The van der Waals surface area contributed by atoms with Crippen LogP contribution in [0.5, 0.6) is 5.75 Å². The Kier molecular flexibility index (Phi) is 3.58. The average molecular weight is 355 g/mol. The van der Waals surface area contributed by atoms with Crippen molar-refractivity contribution >= 4 is 11.8 Å². The van der Waals surface area contributed by atoms with E-state index in [-0.39, 0.29) is 12.4 Å². The summed E-state index contributed by atoms with van der Waals surface area (Å²) < 4.78 is 45.6. The number of amides is 2. The summed E-state index contributed by atoms with van der Waals surface area (Å²) in [5.74, 6) is -2.40. The van der Waals surface area contributed by atoms with E-state index in [1.807, 2.05) is 0 Å². The van der Waals surface area contributed by atoms with Gasteiger partial charge in [0.1, 0.15) is 12.4 Å². The Hall–Kier alpha value is -2.39. The minimum absolute atomic E-state index is 0.132. The average Bonchev–Trinajstić information content (AvgIpc) is 3.21. The second-order valence-corrected chi connectivity index (χ2v) is 5.94. The maximum Gasteiger partial charge on any atom is 0.573 e. The van der Waals surface area contributed by atoms with Crippen LogP contribution < -0.4 is 4.74 Å². The van der Waals surface area contributed by atoms with E-state index in [2.05, 4.69) is 4.74 Å². The van der Waals surface area contributed by atoms with Gasteiger partial charge in [0, 0.05) is 0 Å². The second kappa shape index (κ2) is 5.57. The number of hydroxylamine groups is 2. The number of fused-ring (bicyclic) bond motifs is 5. The number of ether oxygens (including phenoxy) is 2. The van der Waals surface area contributed by atoms with Crippen molar-refractivity contribution in [3.8, 4) is 5.75 Å². The fourth-order valence-corrected chi connectivity index (χ4v) is 3.33. The highest BCUT2D eigenvalue weighted by atomic mass is 19.4. The molecule has 3 heterocycles. The molecule has 2 bridgehead atoms. The van der Waals surface area contributed by atoms with Crippen LogP contribution in [0.2, 0.25) is 0 Å². The Labute approximate surface area is 139 Å². The summed E-state index contributed by atoms with van der Waals surface area (Å²) in [5.41, 5.74) is 0.490. The summed E-state index contributed by atoms with van der Waals surface area (Å²) in [6.07, 6.45) is -2.04. The molecule has 0 spiro atoms. The van der Waals surface area contributed by atoms with Gasteiger partial charge in [-0.15, -0.1) is 13.2 Å². The number of hydrogen-bond donors (Lipinski definition) is 0. The van der Waals surface area contributed by atoms with Crippen LogP contribution in [0.15, 0.2) is 36.4 Å². The van der Waals surface area contributed by atoms with Crippen molar-refractivity contribution in [3.63, 3.8) is 0 Å². The van der Waals surface area contributed by atoms with E-state index in [0.717, 1.165) is 17.2 Å². The van der Waals surface area contributed by atoms with E-state index < -0.39 is 42.2 Å². The first-order chi connectivity index (χ1) is 11.8. The smallest absolute Gasteiger partial charge is 0.406 e. The molecule has 1 aromatic carbocycles. The van der Waals surface area contributed by atoms with Gasteiger partial charge >= 0.3 is 6.36 Å². The van der Waals surface area contributed by atoms with Gasteiger partial charge in [-0.05, 0) is 17.7 Å². The lowest BCUT2D eigenvalue weighted by Crippen LogP contribution is -2.34. The molecule has 3 aliphatic rings. The van der Waals surface area contributed by atoms with Crippen LogP contribution in [0, 0.1) is 11.8 Å². The third-order valence-electron chi connectivity index (χ3n) is 4.39. The third kappa shape index (κ3) is 2.79. The highest BCUT2D eigenvalue weighted by molar-refractivity contribution is 6.05. The molecule has 4 rings (SSSR count). The fraction of sp³-hybridized carbons (Fsp3) is 0.375. The number of nitrogens with zero attached hydrogens (tertiary/aromatic N) is 1. The third-order valence-corrected chi connectivity index (χ3v) is 4.39. The molecule has 2 fully saturated rings. The van der Waals surface area contributed by atoms with E-state index in [1.54, 1.807) is 12.2 Å². The largest absolute Gasteiger partial charge is 0.573 e. The Morgan fingerprint density at radius 2 is 1.56 bits per heavy atom. The molecule has 0 unspecified atom stereocenters. The van der Waals surface area contributed by atoms with Gasteiger partial charge in [-0.2, -0.15) is 5.06 Å². The second-order valence-electron chi connectivity index (χ2n) is 5.94. The Bertz CT molecular complexity index is 715. The Morgan fingerprint density at radius 1 is 1.00 bits per heavy atom. The molecule has 1 aromatic rings. The molecule has 132 valence electrons. The fourth-order valence-electron chi connectivity index (χ4n) is 3.33. The van der Waals surface area contributed by atoms with Gasteiger partial charge in [0.05, 0.1) is 24.0 Å². The number of carbonyl (C=O) groups is 2. The lowest BCUT2D eigenvalue weighted by Gasteiger charge is -2.17. The van der Waals surface area contributed by atoms with E-state index >= 15 is 0 Å². The van der Waals surface area contributed by atoms with Crippen LogP contribution in [0.25, 0.3) is 0 Å². The summed E-state index contributed by atoms with van der Waals surface area (Å²) in [4.78, 5) is 30.0. The summed E-state index contributed by atoms with van der Waals surface area (Å²) in [6, 6.07) is 4.99. The van der Waals surface area contributed by atoms with E-state index in [4.69, 9.17) is 9.57 Å². The number of benzene rings is 1. The monoisotopic (exact) mass is 355 g/mol. The summed E-state index contributed by atoms with van der Waals surface area (Å²) in [6.45, 7) is -0.132. The molecule has 2 saturated heterocycles. The van der Waals surface area contributed by atoms with E-state index in [1.165, 1.54) is 12.1 Å². The zero-order valence-corrected chi connectivity index (χ0v) is 12.6. The van der Waals surface area contributed by atoms with E-state index in [9.17, 15) is 22.8 Å². The topological polar surface area (TPSA) is 65.1 Å². The highest BCUT2D eigenvalue weighted by Crippen LogP contribution is 2.45. The normalized spacial score (nSPS) is 30.3. The Morgan fingerprint density at radius 3 is 2.08 bits per heavy atom. The van der Waals surface area contributed by atoms with Gasteiger partial charge < -0.3 is 9.47 Å². The molecule has 0 N–H and O–H groups in total. The summed E-state index contributed by atoms with van der Waals surface area (Å²) in [7, 11) is 0. The lowest BCUT2D eigenvalue weighted by molar-refractivity contribution is -0.274. The van der Waals surface area contributed by atoms with Gasteiger partial charge in [-0.25, -0.2) is 0 Å². The van der Waals surface area contributed by atoms with Gasteiger partial charge in [0.25, 0.3) is 11.8 Å². The van der Waals surface area contributed by atoms with Crippen molar-refractivity contribution in [1.82, 2.24) is 5.06 Å². The maximum atomic E-state index is 12.3. The number of rotatable bonds is 4. The molecule has 0 saturated carbocycles. The molecule has 6 nitrogen and oxygen atoms in total. The first-order valence-corrected chi connectivity index (χ1v) is 7.53. The molecule has 0 radical (unpaired) electrons. The van der Waals surface area contributed by atoms with Gasteiger partial charge in [-0.3, -0.25) is 14.4 Å². The predicted molar refractivity (Wildman–Crippen MR) is 74.5 cm³/mol. The SMILES string of the molecule is O=C1[C@H]2[C@H](C(=O)N1OCc1ccc(OC(F)(F)F)cc1)[C@H]1C=C[C@H]2O1. The van der Waals surface area contributed by atoms with Crippen molar-refractivity contribution in [3.05, 3.63) is 42.0 Å². The quantitative estimate of drug-likeness (QED) is 0.610. The first kappa shape index (κ1) is 16.1. The van der Waals surface area contributed by atoms with Crippen molar-refractivity contribution in [1.29, 1.82) is 0 Å². The van der Waals surface area contributed by atoms with Crippen LogP contribution in [0.4, 0.5) is 13.2 Å². The minimum atomic E-state index is -4.76. The first-order valence-electron chi connectivity index (χ1n) is 7.53. The predicted octanol–water partition coefficient (Wildman–Crippen LogP) is 1.96. The van der Waals surface area contributed by atoms with Gasteiger partial charge in [0.2, 0.25) is 0 Å². The molecule has 25 heavy (non-hydrogen) atoms. The standard InChI is InChI=1S/C16H12F3NO5/c17-16(18,19)25-9-3-1-8(2-4-9)7-23-20-14(21)12-10-5-6-11(24-10)13(12)15(20)22/h1-6,10-13H,7H2/t10-,11-,12-,13-/m1/s1. The van der Waals surface area contributed by atoms with Crippen molar-refractivity contribution in [2.45, 2.75) is 25.2 Å². The zero-order valence-electron chi connectivity index (χ0n) is 12.6. The number of alkyl halides is 3. The van der Waals surface area contributed by atoms with Gasteiger partial charge in [0.15, 0.2) is 0 Å². The highest BCUT2D eigenvalue weighted by Gasteiger charge is 2.61. The van der Waals surface area contributed by atoms with Gasteiger partial charge in [-0.1, -0.05) is 24.3 Å². The van der Waals surface area contributed by atoms with Crippen molar-refractivity contribution < 1.29 is 37.1 Å². The van der Waals surface area contributed by atoms with Crippen LogP contribution in [0.1, 0.15) is 5.56 Å². The minimum Gasteiger partial charge on any atom is -0.406 e. The van der Waals surface area contributed by atoms with Crippen LogP contribution >= 0.6 is 0 Å². The molecule has 4 atom stereocenters. The molecule has 3 aliphatic heterocycles. The van der Waals surface area contributed by atoms with Crippen LogP contribution in [0.3, 0.4) is 0 Å². The molecule has 0 aliphatic carbocycles. The maximum absolute atomic E-state index is 12.3. The number of imide groups is 1. The number of carbonyl (C=O) groups excluding carboxylic acids is 2. The van der Waals surface area contributed by atoms with Crippen LogP contribution in [-0.4, -0.2) is 35.4 Å². The van der Waals surface area contributed by atoms with E-state index in [0.29, 0.717) is 5.56 Å². The molecular formula is C16H12F3NO5. The molecule has 9 heteroatoms. The lowest BCUT2D eigenvalue weighted by atomic mass is 9.85. The number of halogens is 3. The number of hydrogen-bond acceptors (Lipinski definition) is 5. The molecular weight excluding hydrogens is 343 g/mol. The summed E-state index contributed by atoms with van der Waals surface area (Å²) in [5, 5.41) is 0.741. The van der Waals surface area contributed by atoms with Crippen molar-refractivity contribution in [2.24, 2.45) is 11.8 Å². The zero-order chi connectivity index (χ0) is 17.8. The Balaban J connectivity index is 1.39. The molecule has 2 amide bonds. The summed E-state index contributed by atoms with van der Waals surface area (Å²) >= 11 is 0.